The lowest BCUT2D eigenvalue weighted by Gasteiger charge is -2.17. The molecular formula is C19H17F5N6O2. The third-order valence-corrected chi connectivity index (χ3v) is 4.26. The maximum atomic E-state index is 14.3. The minimum absolute atomic E-state index is 0. The Bertz CT molecular complexity index is 1170. The van der Waals surface area contributed by atoms with Gasteiger partial charge in [0.1, 0.15) is 17.3 Å². The summed E-state index contributed by atoms with van der Waals surface area (Å²) in [5, 5.41) is 2.39. The number of hydrogen-bond donors (Lipinski definition) is 4. The number of rotatable bonds is 6. The van der Waals surface area contributed by atoms with Gasteiger partial charge in [-0.3, -0.25) is 15.6 Å². The van der Waals surface area contributed by atoms with Crippen LogP contribution in [0.3, 0.4) is 0 Å². The molecule has 0 aliphatic carbocycles. The number of hydrazine groups is 2. The van der Waals surface area contributed by atoms with Gasteiger partial charge in [0.05, 0.1) is 11.8 Å². The summed E-state index contributed by atoms with van der Waals surface area (Å²) >= 11 is 0. The number of nitrogens with one attached hydrogen (secondary N) is 4. The predicted molar refractivity (Wildman–Crippen MR) is 108 cm³/mol. The van der Waals surface area contributed by atoms with Crippen LogP contribution in [0.25, 0.3) is 11.4 Å². The molecule has 1 amide bonds. The minimum Gasteiger partial charge on any atom is -0.428 e. The Labute approximate surface area is 179 Å². The normalized spacial score (nSPS) is 12.7. The van der Waals surface area contributed by atoms with Gasteiger partial charge in [0, 0.05) is 14.1 Å². The van der Waals surface area contributed by atoms with E-state index in [-0.39, 0.29) is 19.9 Å². The topological polar surface area (TPSA) is 100 Å². The zero-order valence-corrected chi connectivity index (χ0v) is 15.8. The Hall–Kier alpha value is -4.00. The fraction of sp³-hybridized carbons (Fsp3) is 0.105. The molecule has 0 saturated carbocycles. The molecule has 0 saturated heterocycles. The number of benzene rings is 2. The monoisotopic (exact) mass is 456 g/mol. The lowest BCUT2D eigenvalue weighted by molar-refractivity contribution is -0.253. The highest BCUT2D eigenvalue weighted by Crippen LogP contribution is 2.29. The highest BCUT2D eigenvalue weighted by atomic mass is 19.3. The van der Waals surface area contributed by atoms with E-state index >= 15 is 0 Å². The molecule has 4 rings (SSSR count). The van der Waals surface area contributed by atoms with Crippen molar-refractivity contribution >= 4 is 23.1 Å². The number of hydrogen-bond acceptors (Lipinski definition) is 7. The van der Waals surface area contributed by atoms with Crippen LogP contribution in [0.1, 0.15) is 13.2 Å². The van der Waals surface area contributed by atoms with Crippen LogP contribution in [0.5, 0.6) is 5.75 Å². The van der Waals surface area contributed by atoms with Gasteiger partial charge in [0.2, 0.25) is 0 Å². The number of fused-ring (bicyclic) bond motifs is 1. The standard InChI is InChI=1S/C19H13F5N6O2.2H2/c20-13-6-1-9(15-25-8-14-16(27-15)29-30-28-14)7-12(13)17(31)26-10-2-4-11(5-3-10)32-19(23,24)18(21)22;;/h1-8,18,28,30H,(H,26,31)(H,25,27,29);2*1H. The number of halogens is 5. The van der Waals surface area contributed by atoms with E-state index in [1.165, 1.54) is 18.3 Å². The van der Waals surface area contributed by atoms with Gasteiger partial charge < -0.3 is 10.1 Å². The van der Waals surface area contributed by atoms with E-state index in [1.54, 1.807) is 0 Å². The van der Waals surface area contributed by atoms with Gasteiger partial charge in [0.15, 0.2) is 11.6 Å². The van der Waals surface area contributed by atoms with E-state index in [4.69, 9.17) is 0 Å². The molecule has 8 nitrogen and oxygen atoms in total. The van der Waals surface area contributed by atoms with Crippen molar-refractivity contribution in [1.29, 1.82) is 0 Å². The van der Waals surface area contributed by atoms with Gasteiger partial charge in [-0.2, -0.15) is 17.6 Å². The average Bonchev–Trinajstić information content (AvgIpc) is 3.23. The first-order valence-corrected chi connectivity index (χ1v) is 8.93. The second kappa shape index (κ2) is 8.26. The molecule has 32 heavy (non-hydrogen) atoms. The zero-order chi connectivity index (χ0) is 22.9. The first-order chi connectivity index (χ1) is 15.2. The molecule has 0 radical (unpaired) electrons. The molecule has 1 aliphatic heterocycles. The van der Waals surface area contributed by atoms with Gasteiger partial charge in [-0.25, -0.2) is 14.4 Å². The number of alkyl halides is 4. The van der Waals surface area contributed by atoms with Crippen LogP contribution in [0, 0.1) is 5.82 Å². The maximum Gasteiger partial charge on any atom is 0.461 e. The molecule has 0 atom stereocenters. The van der Waals surface area contributed by atoms with Crippen LogP contribution >= 0.6 is 0 Å². The van der Waals surface area contributed by atoms with Gasteiger partial charge in [-0.15, -0.1) is 5.53 Å². The molecule has 0 spiro atoms. The lowest BCUT2D eigenvalue weighted by Crippen LogP contribution is -2.33. The second-order valence-corrected chi connectivity index (χ2v) is 6.47. The predicted octanol–water partition coefficient (Wildman–Crippen LogP) is 4.52. The van der Waals surface area contributed by atoms with E-state index in [9.17, 15) is 26.7 Å². The van der Waals surface area contributed by atoms with Crippen molar-refractivity contribution in [3.05, 3.63) is 60.0 Å². The first-order valence-electron chi connectivity index (χ1n) is 8.93. The van der Waals surface area contributed by atoms with E-state index in [1.807, 2.05) is 0 Å². The molecular weight excluding hydrogens is 439 g/mol. The number of aromatic nitrogens is 2. The van der Waals surface area contributed by atoms with Crippen LogP contribution in [-0.2, 0) is 0 Å². The van der Waals surface area contributed by atoms with Crippen molar-refractivity contribution in [1.82, 2.24) is 15.5 Å². The second-order valence-electron chi connectivity index (χ2n) is 6.47. The number of ether oxygens (including phenoxy) is 1. The highest BCUT2D eigenvalue weighted by molar-refractivity contribution is 6.05. The molecule has 1 aliphatic rings. The summed E-state index contributed by atoms with van der Waals surface area (Å²) in [6.45, 7) is 0. The molecule has 170 valence electrons. The lowest BCUT2D eigenvalue weighted by atomic mass is 10.1. The summed E-state index contributed by atoms with van der Waals surface area (Å²) in [5.74, 6) is -1.49. The molecule has 2 aromatic carbocycles. The third-order valence-electron chi connectivity index (χ3n) is 4.26. The van der Waals surface area contributed by atoms with Crippen molar-refractivity contribution in [2.75, 3.05) is 16.2 Å². The average molecular weight is 456 g/mol. The fourth-order valence-electron chi connectivity index (χ4n) is 2.71. The van der Waals surface area contributed by atoms with Gasteiger partial charge in [-0.1, -0.05) is 0 Å². The summed E-state index contributed by atoms with van der Waals surface area (Å²) in [7, 11) is 0. The summed E-state index contributed by atoms with van der Waals surface area (Å²) in [4.78, 5) is 20.9. The van der Waals surface area contributed by atoms with Crippen molar-refractivity contribution in [3.8, 4) is 17.1 Å². The fourth-order valence-corrected chi connectivity index (χ4v) is 2.71. The van der Waals surface area contributed by atoms with Crippen LogP contribution < -0.4 is 26.4 Å². The molecule has 1 aromatic heterocycles. The van der Waals surface area contributed by atoms with Crippen LogP contribution in [0.4, 0.5) is 39.1 Å². The Morgan fingerprint density at radius 2 is 1.88 bits per heavy atom. The molecule has 0 unspecified atom stereocenters. The minimum atomic E-state index is -4.66. The summed E-state index contributed by atoms with van der Waals surface area (Å²) in [5.41, 5.74) is 8.91. The van der Waals surface area contributed by atoms with Crippen molar-refractivity contribution in [2.45, 2.75) is 12.5 Å². The molecule has 4 N–H and O–H groups in total. The number of carbonyl (C=O) groups excluding carboxylic acids is 1. The molecule has 3 aromatic rings. The summed E-state index contributed by atoms with van der Waals surface area (Å²) < 4.78 is 68.5. The number of amides is 1. The largest absolute Gasteiger partial charge is 0.461 e. The quantitative estimate of drug-likeness (QED) is 0.405. The van der Waals surface area contributed by atoms with E-state index in [2.05, 4.69) is 36.4 Å². The van der Waals surface area contributed by atoms with Crippen molar-refractivity contribution in [3.63, 3.8) is 0 Å². The SMILES string of the molecule is O=C(Nc1ccc(OC(F)(F)C(F)F)cc1)c1cc(-c2ncc3c(n2)NNN3)ccc1F.[HH].[HH]. The molecule has 0 bridgehead atoms. The van der Waals surface area contributed by atoms with E-state index in [0.29, 0.717) is 17.1 Å². The Morgan fingerprint density at radius 3 is 2.59 bits per heavy atom. The molecule has 0 fully saturated rings. The van der Waals surface area contributed by atoms with E-state index in [0.717, 1.165) is 30.3 Å². The Balaban J connectivity index is 0.00000204. The van der Waals surface area contributed by atoms with Gasteiger partial charge in [0.25, 0.3) is 5.91 Å². The molecule has 2 heterocycles. The zero-order valence-electron chi connectivity index (χ0n) is 15.8. The van der Waals surface area contributed by atoms with Crippen molar-refractivity contribution in [2.24, 2.45) is 0 Å². The summed E-state index contributed by atoms with van der Waals surface area (Å²) in [6, 6.07) is 7.95. The smallest absolute Gasteiger partial charge is 0.428 e. The van der Waals surface area contributed by atoms with Gasteiger partial charge >= 0.3 is 12.5 Å². The Morgan fingerprint density at radius 1 is 1.12 bits per heavy atom. The van der Waals surface area contributed by atoms with Gasteiger partial charge in [-0.05, 0) is 42.5 Å². The van der Waals surface area contributed by atoms with Crippen LogP contribution in [0.15, 0.2) is 48.7 Å². The van der Waals surface area contributed by atoms with Crippen molar-refractivity contribution < 1.29 is 34.3 Å². The summed E-state index contributed by atoms with van der Waals surface area (Å²) in [6.07, 6.45) is -7.17. The number of anilines is 3. The molecule has 13 heteroatoms. The van der Waals surface area contributed by atoms with E-state index < -0.39 is 30.0 Å². The Kier molecular flexibility index (Phi) is 5.48. The van der Waals surface area contributed by atoms with Crippen LogP contribution in [-0.4, -0.2) is 28.4 Å². The first kappa shape index (κ1) is 21.2. The highest BCUT2D eigenvalue weighted by Gasteiger charge is 2.43. The number of carbonyl (C=O) groups is 1. The third kappa shape index (κ3) is 4.37. The maximum absolute atomic E-state index is 14.3. The number of nitrogens with zero attached hydrogens (tertiary/aromatic N) is 2. The van der Waals surface area contributed by atoms with Crippen LogP contribution in [0.2, 0.25) is 0 Å².